The molecule has 0 fully saturated rings. The second-order valence-electron chi connectivity index (χ2n) is 5.67. The fraction of sp³-hybridized carbons (Fsp3) is 0.211. The van der Waals surface area contributed by atoms with Crippen LogP contribution in [0, 0.1) is 0 Å². The molecule has 0 saturated carbocycles. The molecule has 0 saturated heterocycles. The number of alkyl halides is 2. The predicted octanol–water partition coefficient (Wildman–Crippen LogP) is 3.99. The van der Waals surface area contributed by atoms with E-state index in [1.165, 1.54) is 24.3 Å². The molecule has 1 N–H and O–H groups in total. The number of ether oxygens (including phenoxy) is 3. The molecule has 0 atom stereocenters. The standard InChI is InChI=1S/C19H17F2N3O5S/c1-26-13-6-8-14(9-7-13)27-10-17-23-24-19(29-17)30-11-16(25)22-12-2-4-15(5-3-12)28-18(20)21/h2-9,18H,10-11H2,1H3,(H,22,25). The third kappa shape index (κ3) is 6.62. The Kier molecular flexibility index (Phi) is 7.44. The molecule has 0 aliphatic carbocycles. The average Bonchev–Trinajstić information content (AvgIpc) is 3.20. The fourth-order valence-corrected chi connectivity index (χ4v) is 2.80. The van der Waals surface area contributed by atoms with Crippen LogP contribution in [-0.2, 0) is 11.4 Å². The number of anilines is 1. The number of amides is 1. The lowest BCUT2D eigenvalue weighted by Crippen LogP contribution is -2.14. The van der Waals surface area contributed by atoms with Crippen molar-refractivity contribution in [2.45, 2.75) is 18.4 Å². The number of benzene rings is 2. The molecule has 0 aliphatic heterocycles. The average molecular weight is 437 g/mol. The van der Waals surface area contributed by atoms with Crippen molar-refractivity contribution in [2.24, 2.45) is 0 Å². The quantitative estimate of drug-likeness (QED) is 0.476. The predicted molar refractivity (Wildman–Crippen MR) is 104 cm³/mol. The Labute approximate surface area is 174 Å². The van der Waals surface area contributed by atoms with Crippen molar-refractivity contribution < 1.29 is 32.2 Å². The van der Waals surface area contributed by atoms with Crippen LogP contribution in [0.2, 0.25) is 0 Å². The summed E-state index contributed by atoms with van der Waals surface area (Å²) in [5.74, 6) is 1.31. The third-order valence-electron chi connectivity index (χ3n) is 3.56. The molecule has 0 unspecified atom stereocenters. The van der Waals surface area contributed by atoms with Crippen molar-refractivity contribution in [2.75, 3.05) is 18.2 Å². The van der Waals surface area contributed by atoms with E-state index in [-0.39, 0.29) is 35.1 Å². The zero-order valence-electron chi connectivity index (χ0n) is 15.7. The summed E-state index contributed by atoms with van der Waals surface area (Å²) in [5.41, 5.74) is 0.446. The topological polar surface area (TPSA) is 95.7 Å². The molecule has 1 heterocycles. The van der Waals surface area contributed by atoms with E-state index in [0.717, 1.165) is 17.5 Å². The maximum Gasteiger partial charge on any atom is 0.387 e. The SMILES string of the molecule is COc1ccc(OCc2nnc(SCC(=O)Nc3ccc(OC(F)F)cc3)o2)cc1. The molecule has 11 heteroatoms. The van der Waals surface area contributed by atoms with Crippen molar-refractivity contribution in [1.82, 2.24) is 10.2 Å². The first-order valence-electron chi connectivity index (χ1n) is 8.58. The largest absolute Gasteiger partial charge is 0.497 e. The highest BCUT2D eigenvalue weighted by Crippen LogP contribution is 2.21. The molecular weight excluding hydrogens is 420 g/mol. The van der Waals surface area contributed by atoms with Gasteiger partial charge in [-0.05, 0) is 48.5 Å². The van der Waals surface area contributed by atoms with Crippen LogP contribution in [0.15, 0.2) is 58.2 Å². The first kappa shape index (κ1) is 21.4. The molecule has 8 nitrogen and oxygen atoms in total. The summed E-state index contributed by atoms with van der Waals surface area (Å²) in [6, 6.07) is 12.6. The van der Waals surface area contributed by atoms with Gasteiger partial charge in [0.05, 0.1) is 12.9 Å². The second-order valence-corrected chi connectivity index (χ2v) is 6.59. The van der Waals surface area contributed by atoms with Gasteiger partial charge in [0.15, 0.2) is 6.61 Å². The Balaban J connectivity index is 1.42. The number of carbonyl (C=O) groups is 1. The highest BCUT2D eigenvalue weighted by Gasteiger charge is 2.11. The van der Waals surface area contributed by atoms with Crippen molar-refractivity contribution in [1.29, 1.82) is 0 Å². The highest BCUT2D eigenvalue weighted by atomic mass is 32.2. The normalized spacial score (nSPS) is 10.7. The van der Waals surface area contributed by atoms with Gasteiger partial charge in [0, 0.05) is 5.69 Å². The molecule has 0 spiro atoms. The van der Waals surface area contributed by atoms with Gasteiger partial charge in [-0.3, -0.25) is 4.79 Å². The Hall–Kier alpha value is -3.34. The lowest BCUT2D eigenvalue weighted by atomic mass is 10.3. The zero-order chi connectivity index (χ0) is 21.3. The molecule has 3 aromatic rings. The summed E-state index contributed by atoms with van der Waals surface area (Å²) in [6.45, 7) is -2.82. The molecule has 0 aliphatic rings. The number of thioether (sulfide) groups is 1. The number of methoxy groups -OCH3 is 1. The number of halogens is 2. The lowest BCUT2D eigenvalue weighted by Gasteiger charge is -2.07. The lowest BCUT2D eigenvalue weighted by molar-refractivity contribution is -0.113. The van der Waals surface area contributed by atoms with E-state index in [2.05, 4.69) is 20.3 Å². The van der Waals surface area contributed by atoms with E-state index in [1.54, 1.807) is 31.4 Å². The van der Waals surface area contributed by atoms with Gasteiger partial charge in [0.25, 0.3) is 11.1 Å². The first-order valence-corrected chi connectivity index (χ1v) is 9.57. The van der Waals surface area contributed by atoms with Crippen LogP contribution >= 0.6 is 11.8 Å². The summed E-state index contributed by atoms with van der Waals surface area (Å²) in [4.78, 5) is 12.0. The van der Waals surface area contributed by atoms with Crippen LogP contribution in [0.25, 0.3) is 0 Å². The summed E-state index contributed by atoms with van der Waals surface area (Å²) in [5, 5.41) is 10.6. The van der Waals surface area contributed by atoms with Crippen LogP contribution in [0.1, 0.15) is 5.89 Å². The van der Waals surface area contributed by atoms with Gasteiger partial charge in [-0.25, -0.2) is 0 Å². The number of rotatable bonds is 10. The minimum atomic E-state index is -2.90. The van der Waals surface area contributed by atoms with E-state index in [0.29, 0.717) is 11.4 Å². The van der Waals surface area contributed by atoms with E-state index >= 15 is 0 Å². The van der Waals surface area contributed by atoms with Gasteiger partial charge in [0.2, 0.25) is 5.91 Å². The van der Waals surface area contributed by atoms with Crippen LogP contribution in [0.3, 0.4) is 0 Å². The smallest absolute Gasteiger partial charge is 0.387 e. The van der Waals surface area contributed by atoms with Gasteiger partial charge in [-0.2, -0.15) is 8.78 Å². The summed E-state index contributed by atoms with van der Waals surface area (Å²) >= 11 is 1.06. The molecular formula is C19H17F2N3O5S. The number of nitrogens with one attached hydrogen (secondary N) is 1. The molecule has 1 aromatic heterocycles. The van der Waals surface area contributed by atoms with Gasteiger partial charge in [-0.1, -0.05) is 11.8 Å². The van der Waals surface area contributed by atoms with Crippen molar-refractivity contribution in [3.63, 3.8) is 0 Å². The number of aromatic nitrogens is 2. The van der Waals surface area contributed by atoms with E-state index in [9.17, 15) is 13.6 Å². The minimum absolute atomic E-state index is 0.00706. The molecule has 30 heavy (non-hydrogen) atoms. The molecule has 3 rings (SSSR count). The Morgan fingerprint density at radius 3 is 2.40 bits per heavy atom. The van der Waals surface area contributed by atoms with Crippen LogP contribution in [0.4, 0.5) is 14.5 Å². The first-order chi connectivity index (χ1) is 14.5. The summed E-state index contributed by atoms with van der Waals surface area (Å²) < 4.78 is 44.6. The Morgan fingerprint density at radius 2 is 1.73 bits per heavy atom. The van der Waals surface area contributed by atoms with Crippen molar-refractivity contribution >= 4 is 23.4 Å². The van der Waals surface area contributed by atoms with E-state index in [1.807, 2.05) is 0 Å². The van der Waals surface area contributed by atoms with Gasteiger partial charge in [-0.15, -0.1) is 10.2 Å². The van der Waals surface area contributed by atoms with E-state index in [4.69, 9.17) is 13.9 Å². The second kappa shape index (κ2) is 10.4. The Morgan fingerprint density at radius 1 is 1.07 bits per heavy atom. The van der Waals surface area contributed by atoms with Crippen molar-refractivity contribution in [3.8, 4) is 17.2 Å². The van der Waals surface area contributed by atoms with Crippen LogP contribution < -0.4 is 19.5 Å². The number of nitrogens with zero attached hydrogens (tertiary/aromatic N) is 2. The molecule has 0 radical (unpaired) electrons. The number of hydrogen-bond donors (Lipinski definition) is 1. The number of carbonyl (C=O) groups excluding carboxylic acids is 1. The van der Waals surface area contributed by atoms with Crippen LogP contribution in [0.5, 0.6) is 17.2 Å². The summed E-state index contributed by atoms with van der Waals surface area (Å²) in [6.07, 6.45) is 0. The van der Waals surface area contributed by atoms with E-state index < -0.39 is 6.61 Å². The molecule has 2 aromatic carbocycles. The van der Waals surface area contributed by atoms with Gasteiger partial charge < -0.3 is 23.9 Å². The van der Waals surface area contributed by atoms with Crippen LogP contribution in [-0.4, -0.2) is 35.6 Å². The molecule has 158 valence electrons. The minimum Gasteiger partial charge on any atom is -0.497 e. The van der Waals surface area contributed by atoms with Gasteiger partial charge in [0.1, 0.15) is 17.2 Å². The van der Waals surface area contributed by atoms with Gasteiger partial charge >= 0.3 is 6.61 Å². The van der Waals surface area contributed by atoms with Crippen molar-refractivity contribution in [3.05, 3.63) is 54.4 Å². The third-order valence-corrected chi connectivity index (χ3v) is 4.38. The molecule has 0 bridgehead atoms. The maximum absolute atomic E-state index is 12.1. The maximum atomic E-state index is 12.1. The highest BCUT2D eigenvalue weighted by molar-refractivity contribution is 7.99. The zero-order valence-corrected chi connectivity index (χ0v) is 16.5. The molecule has 1 amide bonds. The Bertz CT molecular complexity index is 952. The number of hydrogen-bond acceptors (Lipinski definition) is 8. The fourth-order valence-electron chi connectivity index (χ4n) is 2.22. The summed E-state index contributed by atoms with van der Waals surface area (Å²) in [7, 11) is 1.58. The monoisotopic (exact) mass is 437 g/mol.